The number of hydrogen-bond donors (Lipinski definition) is 1. The summed E-state index contributed by atoms with van der Waals surface area (Å²) < 4.78 is 0. The number of benzene rings is 1. The van der Waals surface area contributed by atoms with Crippen LogP contribution in [0.5, 0.6) is 0 Å². The summed E-state index contributed by atoms with van der Waals surface area (Å²) in [5.74, 6) is 0.173. The maximum absolute atomic E-state index is 11.8. The highest BCUT2D eigenvalue weighted by Gasteiger charge is 2.08. The third-order valence-electron chi connectivity index (χ3n) is 3.43. The Hall–Kier alpha value is -1.31. The molecule has 0 aromatic heterocycles. The first-order chi connectivity index (χ1) is 9.24. The second-order valence-electron chi connectivity index (χ2n) is 5.22. The molecular weight excluding hydrogens is 234 g/mol. The van der Waals surface area contributed by atoms with E-state index in [1.807, 2.05) is 25.1 Å². The highest BCUT2D eigenvalue weighted by Crippen LogP contribution is 2.12. The molecule has 0 aliphatic heterocycles. The third-order valence-corrected chi connectivity index (χ3v) is 3.43. The predicted molar refractivity (Wildman–Crippen MR) is 81.0 cm³/mol. The molecule has 0 saturated carbocycles. The Labute approximate surface area is 117 Å². The van der Waals surface area contributed by atoms with Crippen LogP contribution in [0.25, 0.3) is 0 Å². The molecule has 0 radical (unpaired) electrons. The molecule has 1 amide bonds. The monoisotopic (exact) mass is 261 g/mol. The van der Waals surface area contributed by atoms with Gasteiger partial charge in [0.05, 0.1) is 6.04 Å². The molecule has 1 N–H and O–H groups in total. The van der Waals surface area contributed by atoms with Gasteiger partial charge in [-0.3, -0.25) is 4.79 Å². The molecule has 1 rings (SSSR count). The number of nitrogens with one attached hydrogen (secondary N) is 1. The van der Waals surface area contributed by atoms with Crippen molar-refractivity contribution in [1.82, 2.24) is 5.32 Å². The summed E-state index contributed by atoms with van der Waals surface area (Å²) in [6.07, 6.45) is 7.99. The first-order valence-electron chi connectivity index (χ1n) is 7.58. The standard InChI is InChI=1S/C17H27NO/c1-3-4-5-6-7-11-14-17(19)18-15(2)16-12-9-8-10-13-16/h8-10,12-13,15H,3-7,11,14H2,1-2H3,(H,18,19)/t15-/m1/s1. The number of carbonyl (C=O) groups excluding carboxylic acids is 1. The van der Waals surface area contributed by atoms with E-state index in [1.54, 1.807) is 0 Å². The van der Waals surface area contributed by atoms with Gasteiger partial charge in [-0.15, -0.1) is 0 Å². The van der Waals surface area contributed by atoms with Gasteiger partial charge in [0.1, 0.15) is 0 Å². The van der Waals surface area contributed by atoms with Gasteiger partial charge >= 0.3 is 0 Å². The Balaban J connectivity index is 2.14. The lowest BCUT2D eigenvalue weighted by Gasteiger charge is -2.14. The summed E-state index contributed by atoms with van der Waals surface area (Å²) in [5, 5.41) is 3.06. The van der Waals surface area contributed by atoms with Crippen LogP contribution >= 0.6 is 0 Å². The van der Waals surface area contributed by atoms with Crippen LogP contribution in [-0.2, 0) is 4.79 Å². The molecule has 0 fully saturated rings. The van der Waals surface area contributed by atoms with E-state index in [4.69, 9.17) is 0 Å². The Morgan fingerprint density at radius 3 is 2.37 bits per heavy atom. The van der Waals surface area contributed by atoms with E-state index in [0.717, 1.165) is 6.42 Å². The van der Waals surface area contributed by atoms with Crippen molar-refractivity contribution in [2.75, 3.05) is 0 Å². The van der Waals surface area contributed by atoms with Crippen LogP contribution in [0, 0.1) is 0 Å². The average Bonchev–Trinajstić information content (AvgIpc) is 2.43. The van der Waals surface area contributed by atoms with Crippen molar-refractivity contribution >= 4 is 5.91 Å². The van der Waals surface area contributed by atoms with E-state index in [0.29, 0.717) is 6.42 Å². The zero-order valence-electron chi connectivity index (χ0n) is 12.3. The highest BCUT2D eigenvalue weighted by molar-refractivity contribution is 5.76. The lowest BCUT2D eigenvalue weighted by Crippen LogP contribution is -2.26. The van der Waals surface area contributed by atoms with E-state index >= 15 is 0 Å². The van der Waals surface area contributed by atoms with Crippen molar-refractivity contribution in [2.45, 2.75) is 64.8 Å². The topological polar surface area (TPSA) is 29.1 Å². The SMILES string of the molecule is CCCCCCCCC(=O)N[C@H](C)c1ccccc1. The molecule has 2 nitrogen and oxygen atoms in total. The van der Waals surface area contributed by atoms with Crippen LogP contribution in [-0.4, -0.2) is 5.91 Å². The molecule has 0 bridgehead atoms. The lowest BCUT2D eigenvalue weighted by molar-refractivity contribution is -0.121. The van der Waals surface area contributed by atoms with Gasteiger partial charge in [0.2, 0.25) is 5.91 Å². The van der Waals surface area contributed by atoms with Crippen LogP contribution in [0.15, 0.2) is 30.3 Å². The number of amides is 1. The van der Waals surface area contributed by atoms with Crippen LogP contribution < -0.4 is 5.32 Å². The molecule has 1 atom stereocenters. The van der Waals surface area contributed by atoms with Crippen LogP contribution in [0.3, 0.4) is 0 Å². The van der Waals surface area contributed by atoms with Gasteiger partial charge in [-0.1, -0.05) is 69.4 Å². The van der Waals surface area contributed by atoms with E-state index in [2.05, 4.69) is 24.4 Å². The second-order valence-corrected chi connectivity index (χ2v) is 5.22. The van der Waals surface area contributed by atoms with Gasteiger partial charge in [-0.05, 0) is 18.9 Å². The fraction of sp³-hybridized carbons (Fsp3) is 0.588. The Kier molecular flexibility index (Phi) is 7.95. The van der Waals surface area contributed by atoms with E-state index in [9.17, 15) is 4.79 Å². The summed E-state index contributed by atoms with van der Waals surface area (Å²) in [6.45, 7) is 4.26. The molecule has 19 heavy (non-hydrogen) atoms. The minimum atomic E-state index is 0.105. The van der Waals surface area contributed by atoms with E-state index in [1.165, 1.54) is 37.7 Å². The fourth-order valence-electron chi connectivity index (χ4n) is 2.20. The van der Waals surface area contributed by atoms with Gasteiger partial charge in [-0.2, -0.15) is 0 Å². The van der Waals surface area contributed by atoms with Crippen molar-refractivity contribution in [2.24, 2.45) is 0 Å². The smallest absolute Gasteiger partial charge is 0.220 e. The number of unbranched alkanes of at least 4 members (excludes halogenated alkanes) is 5. The van der Waals surface area contributed by atoms with E-state index < -0.39 is 0 Å². The number of rotatable bonds is 9. The van der Waals surface area contributed by atoms with Crippen molar-refractivity contribution in [3.63, 3.8) is 0 Å². The maximum Gasteiger partial charge on any atom is 0.220 e. The summed E-state index contributed by atoms with van der Waals surface area (Å²) in [4.78, 5) is 11.8. The Morgan fingerprint density at radius 2 is 1.68 bits per heavy atom. The van der Waals surface area contributed by atoms with Gasteiger partial charge < -0.3 is 5.32 Å². The van der Waals surface area contributed by atoms with Crippen molar-refractivity contribution in [3.8, 4) is 0 Å². The van der Waals surface area contributed by atoms with Crippen molar-refractivity contribution < 1.29 is 4.79 Å². The van der Waals surface area contributed by atoms with Gasteiger partial charge in [0.25, 0.3) is 0 Å². The van der Waals surface area contributed by atoms with Crippen molar-refractivity contribution in [3.05, 3.63) is 35.9 Å². The summed E-state index contributed by atoms with van der Waals surface area (Å²) in [5.41, 5.74) is 1.17. The molecule has 1 aromatic rings. The predicted octanol–water partition coefficient (Wildman–Crippen LogP) is 4.61. The number of carbonyl (C=O) groups is 1. The molecule has 0 aliphatic carbocycles. The molecule has 1 aromatic carbocycles. The van der Waals surface area contributed by atoms with Gasteiger partial charge in [0.15, 0.2) is 0 Å². The van der Waals surface area contributed by atoms with Crippen LogP contribution in [0.4, 0.5) is 0 Å². The summed E-state index contributed by atoms with van der Waals surface area (Å²) >= 11 is 0. The molecular formula is C17H27NO. The normalized spacial score (nSPS) is 12.1. The van der Waals surface area contributed by atoms with Gasteiger partial charge in [0, 0.05) is 6.42 Å². The lowest BCUT2D eigenvalue weighted by atomic mass is 10.1. The Morgan fingerprint density at radius 1 is 1.05 bits per heavy atom. The molecule has 2 heteroatoms. The fourth-order valence-corrected chi connectivity index (χ4v) is 2.20. The minimum absolute atomic E-state index is 0.105. The summed E-state index contributed by atoms with van der Waals surface area (Å²) in [6, 6.07) is 10.2. The quantitative estimate of drug-likeness (QED) is 0.646. The van der Waals surface area contributed by atoms with E-state index in [-0.39, 0.29) is 11.9 Å². The molecule has 0 heterocycles. The number of hydrogen-bond acceptors (Lipinski definition) is 1. The molecule has 0 aliphatic rings. The zero-order valence-corrected chi connectivity index (χ0v) is 12.3. The third kappa shape index (κ3) is 7.00. The highest BCUT2D eigenvalue weighted by atomic mass is 16.1. The largest absolute Gasteiger partial charge is 0.350 e. The van der Waals surface area contributed by atoms with Crippen LogP contribution in [0.1, 0.15) is 70.4 Å². The van der Waals surface area contributed by atoms with Gasteiger partial charge in [-0.25, -0.2) is 0 Å². The summed E-state index contributed by atoms with van der Waals surface area (Å²) in [7, 11) is 0. The molecule has 0 unspecified atom stereocenters. The second kappa shape index (κ2) is 9.60. The first kappa shape index (κ1) is 15.7. The zero-order chi connectivity index (χ0) is 13.9. The molecule has 0 spiro atoms. The van der Waals surface area contributed by atoms with Crippen molar-refractivity contribution in [1.29, 1.82) is 0 Å². The maximum atomic E-state index is 11.8. The molecule has 106 valence electrons. The van der Waals surface area contributed by atoms with Crippen LogP contribution in [0.2, 0.25) is 0 Å². The first-order valence-corrected chi connectivity index (χ1v) is 7.58. The average molecular weight is 261 g/mol. The Bertz CT molecular complexity index is 348. The minimum Gasteiger partial charge on any atom is -0.350 e. The molecule has 0 saturated heterocycles.